The molecule has 0 aliphatic heterocycles. The maximum absolute atomic E-state index is 13.4. The molecule has 0 bridgehead atoms. The first-order valence-electron chi connectivity index (χ1n) is 10.00. The number of benzene rings is 2. The molecule has 30 heavy (non-hydrogen) atoms. The molecule has 2 aromatic carbocycles. The van der Waals surface area contributed by atoms with Crippen molar-refractivity contribution in [3.8, 4) is 5.75 Å². The Hall–Kier alpha value is -3.73. The fourth-order valence-corrected chi connectivity index (χ4v) is 3.03. The van der Waals surface area contributed by atoms with Gasteiger partial charge in [0.1, 0.15) is 11.3 Å². The number of oxazole rings is 1. The number of rotatable bonds is 8. The number of pyridine rings is 1. The molecule has 0 atom stereocenters. The van der Waals surface area contributed by atoms with Crippen LogP contribution in [-0.2, 0) is 0 Å². The van der Waals surface area contributed by atoms with E-state index in [0.717, 1.165) is 24.2 Å². The van der Waals surface area contributed by atoms with Gasteiger partial charge in [0, 0.05) is 18.0 Å². The van der Waals surface area contributed by atoms with Gasteiger partial charge in [-0.25, -0.2) is 4.98 Å². The van der Waals surface area contributed by atoms with Crippen molar-refractivity contribution in [3.05, 3.63) is 90.1 Å². The molecule has 0 fully saturated rings. The number of ketones is 1. The van der Waals surface area contributed by atoms with Crippen molar-refractivity contribution in [1.82, 2.24) is 9.97 Å². The van der Waals surface area contributed by atoms with Gasteiger partial charge in [0.2, 0.25) is 5.89 Å². The van der Waals surface area contributed by atoms with E-state index in [1.54, 1.807) is 30.6 Å². The normalized spacial score (nSPS) is 11.6. The third-order valence-corrected chi connectivity index (χ3v) is 4.65. The zero-order valence-electron chi connectivity index (χ0n) is 16.7. The molecule has 5 nitrogen and oxygen atoms in total. The van der Waals surface area contributed by atoms with E-state index in [2.05, 4.69) is 16.9 Å². The van der Waals surface area contributed by atoms with Crippen LogP contribution in [0.2, 0.25) is 0 Å². The molecule has 2 heterocycles. The fraction of sp³-hybridized carbons (Fsp3) is 0.160. The minimum absolute atomic E-state index is 0.175. The van der Waals surface area contributed by atoms with Crippen LogP contribution in [0.15, 0.2) is 77.5 Å². The fourth-order valence-electron chi connectivity index (χ4n) is 3.03. The van der Waals surface area contributed by atoms with E-state index in [9.17, 15) is 4.79 Å². The van der Waals surface area contributed by atoms with Gasteiger partial charge in [0.25, 0.3) is 0 Å². The SMILES string of the molecule is CCCCOc1ccc(C(=O)/C(=C\c2cccnc2)c2nc3ccccc3o2)cc1. The van der Waals surface area contributed by atoms with E-state index in [4.69, 9.17) is 9.15 Å². The Morgan fingerprint density at radius 2 is 1.90 bits per heavy atom. The van der Waals surface area contributed by atoms with Crippen LogP contribution >= 0.6 is 0 Å². The highest BCUT2D eigenvalue weighted by Gasteiger charge is 2.20. The predicted octanol–water partition coefficient (Wildman–Crippen LogP) is 5.83. The number of hydrogen-bond acceptors (Lipinski definition) is 5. The van der Waals surface area contributed by atoms with Crippen LogP contribution in [0.25, 0.3) is 22.7 Å². The number of aromatic nitrogens is 2. The monoisotopic (exact) mass is 398 g/mol. The van der Waals surface area contributed by atoms with Crippen molar-refractivity contribution >= 4 is 28.5 Å². The van der Waals surface area contributed by atoms with E-state index in [0.29, 0.717) is 28.8 Å². The Balaban J connectivity index is 1.68. The van der Waals surface area contributed by atoms with Crippen LogP contribution in [0.4, 0.5) is 0 Å². The first-order valence-corrected chi connectivity index (χ1v) is 10.00. The third-order valence-electron chi connectivity index (χ3n) is 4.65. The second-order valence-corrected chi connectivity index (χ2v) is 6.89. The number of unbranched alkanes of at least 4 members (excludes halogenated alkanes) is 1. The second kappa shape index (κ2) is 9.18. The molecular formula is C25H22N2O3. The number of fused-ring (bicyclic) bond motifs is 1. The molecule has 4 rings (SSSR count). The highest BCUT2D eigenvalue weighted by molar-refractivity contribution is 6.31. The molecule has 0 radical (unpaired) electrons. The smallest absolute Gasteiger partial charge is 0.231 e. The van der Waals surface area contributed by atoms with Crippen molar-refractivity contribution in [2.45, 2.75) is 19.8 Å². The van der Waals surface area contributed by atoms with E-state index < -0.39 is 0 Å². The molecule has 0 aliphatic rings. The quantitative estimate of drug-likeness (QED) is 0.212. The first kappa shape index (κ1) is 19.6. The molecule has 2 aromatic heterocycles. The lowest BCUT2D eigenvalue weighted by Gasteiger charge is -2.07. The summed E-state index contributed by atoms with van der Waals surface area (Å²) in [6.45, 7) is 2.78. The summed E-state index contributed by atoms with van der Waals surface area (Å²) in [5.41, 5.74) is 3.05. The summed E-state index contributed by atoms with van der Waals surface area (Å²) in [6.07, 6.45) is 7.21. The molecule has 0 unspecified atom stereocenters. The zero-order chi connectivity index (χ0) is 20.8. The molecule has 150 valence electrons. The molecule has 0 amide bonds. The molecule has 5 heteroatoms. The van der Waals surface area contributed by atoms with Crippen LogP contribution in [0.1, 0.15) is 41.6 Å². The minimum Gasteiger partial charge on any atom is -0.494 e. The summed E-state index contributed by atoms with van der Waals surface area (Å²) < 4.78 is 11.6. The van der Waals surface area contributed by atoms with Gasteiger partial charge in [-0.05, 0) is 60.5 Å². The van der Waals surface area contributed by atoms with Crippen LogP contribution in [-0.4, -0.2) is 22.4 Å². The van der Waals surface area contributed by atoms with Crippen molar-refractivity contribution in [1.29, 1.82) is 0 Å². The minimum atomic E-state index is -0.175. The summed E-state index contributed by atoms with van der Waals surface area (Å²) in [7, 11) is 0. The lowest BCUT2D eigenvalue weighted by molar-refractivity contribution is 0.105. The van der Waals surface area contributed by atoms with Gasteiger partial charge < -0.3 is 9.15 Å². The van der Waals surface area contributed by atoms with Gasteiger partial charge in [-0.15, -0.1) is 0 Å². The van der Waals surface area contributed by atoms with Gasteiger partial charge >= 0.3 is 0 Å². The van der Waals surface area contributed by atoms with Crippen molar-refractivity contribution < 1.29 is 13.9 Å². The Bertz CT molecular complexity index is 1130. The highest BCUT2D eigenvalue weighted by atomic mass is 16.5. The van der Waals surface area contributed by atoms with E-state index in [1.807, 2.05) is 48.5 Å². The van der Waals surface area contributed by atoms with Crippen molar-refractivity contribution in [3.63, 3.8) is 0 Å². The van der Waals surface area contributed by atoms with Crippen molar-refractivity contribution in [2.24, 2.45) is 0 Å². The van der Waals surface area contributed by atoms with E-state index in [-0.39, 0.29) is 11.7 Å². The maximum Gasteiger partial charge on any atom is 0.231 e. The molecule has 4 aromatic rings. The Morgan fingerprint density at radius 1 is 1.07 bits per heavy atom. The largest absolute Gasteiger partial charge is 0.494 e. The van der Waals surface area contributed by atoms with Crippen LogP contribution in [0, 0.1) is 0 Å². The number of para-hydroxylation sites is 2. The summed E-state index contributed by atoms with van der Waals surface area (Å²) in [5.74, 6) is 0.860. The molecule has 0 aliphatic carbocycles. The summed E-state index contributed by atoms with van der Waals surface area (Å²) in [5, 5.41) is 0. The first-order chi connectivity index (χ1) is 14.7. The number of Topliss-reactive ketones (excluding diaryl/α,β-unsaturated/α-hetero) is 1. The van der Waals surface area contributed by atoms with Gasteiger partial charge in [-0.3, -0.25) is 9.78 Å². The summed E-state index contributed by atoms with van der Waals surface area (Å²) in [6, 6.07) is 18.3. The van der Waals surface area contributed by atoms with Crippen LogP contribution in [0.3, 0.4) is 0 Å². The Kier molecular flexibility index (Phi) is 5.99. The number of carbonyl (C=O) groups excluding carboxylic acids is 1. The molecule has 0 saturated carbocycles. The number of hydrogen-bond donors (Lipinski definition) is 0. The zero-order valence-corrected chi connectivity index (χ0v) is 16.7. The summed E-state index contributed by atoms with van der Waals surface area (Å²) >= 11 is 0. The lowest BCUT2D eigenvalue weighted by Crippen LogP contribution is -2.04. The standard InChI is InChI=1S/C25H22N2O3/c1-2-3-15-29-20-12-10-19(11-13-20)24(28)21(16-18-7-6-14-26-17-18)25-27-22-8-4-5-9-23(22)30-25/h4-14,16-17H,2-3,15H2,1H3/b21-16+. The van der Waals surface area contributed by atoms with Crippen LogP contribution in [0.5, 0.6) is 5.75 Å². The average molecular weight is 398 g/mol. The number of allylic oxidation sites excluding steroid dienone is 1. The second-order valence-electron chi connectivity index (χ2n) is 6.89. The summed E-state index contributed by atoms with van der Waals surface area (Å²) in [4.78, 5) is 22.0. The van der Waals surface area contributed by atoms with Gasteiger partial charge in [0.15, 0.2) is 11.4 Å². The molecule has 0 saturated heterocycles. The van der Waals surface area contributed by atoms with E-state index >= 15 is 0 Å². The average Bonchev–Trinajstić information content (AvgIpc) is 3.22. The van der Waals surface area contributed by atoms with Crippen molar-refractivity contribution in [2.75, 3.05) is 6.61 Å². The lowest BCUT2D eigenvalue weighted by atomic mass is 10.0. The maximum atomic E-state index is 13.4. The van der Waals surface area contributed by atoms with Gasteiger partial charge in [0.05, 0.1) is 12.2 Å². The molecule has 0 N–H and O–H groups in total. The topological polar surface area (TPSA) is 65.2 Å². The predicted molar refractivity (Wildman–Crippen MR) is 117 cm³/mol. The van der Waals surface area contributed by atoms with Gasteiger partial charge in [-0.1, -0.05) is 31.5 Å². The number of carbonyl (C=O) groups is 1. The Morgan fingerprint density at radius 3 is 2.63 bits per heavy atom. The number of ether oxygens (including phenoxy) is 1. The highest BCUT2D eigenvalue weighted by Crippen LogP contribution is 2.26. The van der Waals surface area contributed by atoms with E-state index in [1.165, 1.54) is 0 Å². The third kappa shape index (κ3) is 4.46. The number of nitrogens with zero attached hydrogens (tertiary/aromatic N) is 2. The Labute approximate surface area is 175 Å². The molecular weight excluding hydrogens is 376 g/mol. The molecule has 0 spiro atoms. The van der Waals surface area contributed by atoms with Crippen LogP contribution < -0.4 is 4.74 Å². The van der Waals surface area contributed by atoms with Gasteiger partial charge in [-0.2, -0.15) is 0 Å².